The molecule has 3 aromatic rings. The Morgan fingerprint density at radius 2 is 1.79 bits per heavy atom. The van der Waals surface area contributed by atoms with Gasteiger partial charge in [-0.15, -0.1) is 0 Å². The van der Waals surface area contributed by atoms with E-state index in [0.29, 0.717) is 57.6 Å². The standard InChI is InChI=1S/C30H31F3N6O4/c31-30(32,33)26(18-3-1-17(2-4-18)19-5-7-21-20(13-19)6-8-24(40)36-21)43-25-14-23(37-28(34)38-25)39-11-9-29(10-12-39)15-22(27(41)42)35-16-29/h1-5,7,13-14,22,26,35H,6,8-12,15-16H2,(H,36,40)(H,41,42)(H2,34,37,38). The van der Waals surface area contributed by atoms with E-state index in [-0.39, 0.29) is 28.7 Å². The lowest BCUT2D eigenvalue weighted by Gasteiger charge is -2.39. The molecule has 13 heteroatoms. The third-order valence-electron chi connectivity index (χ3n) is 8.60. The fourth-order valence-electron chi connectivity index (χ4n) is 6.19. The minimum Gasteiger partial charge on any atom is -0.480 e. The first-order chi connectivity index (χ1) is 20.5. The number of nitrogen functional groups attached to an aromatic ring is 1. The summed E-state index contributed by atoms with van der Waals surface area (Å²) in [4.78, 5) is 33.1. The molecule has 2 saturated heterocycles. The number of hydrogen-bond acceptors (Lipinski definition) is 8. The van der Waals surface area contributed by atoms with Crippen molar-refractivity contribution >= 4 is 29.3 Å². The molecule has 2 fully saturated rings. The average molecular weight is 597 g/mol. The molecule has 2 aromatic carbocycles. The summed E-state index contributed by atoms with van der Waals surface area (Å²) in [6.45, 7) is 1.70. The largest absolute Gasteiger partial charge is 0.480 e. The van der Waals surface area contributed by atoms with E-state index in [4.69, 9.17) is 10.5 Å². The molecule has 2 unspecified atom stereocenters. The lowest BCUT2D eigenvalue weighted by Crippen LogP contribution is -2.41. The highest BCUT2D eigenvalue weighted by Crippen LogP contribution is 2.42. The highest BCUT2D eigenvalue weighted by atomic mass is 19.4. The highest BCUT2D eigenvalue weighted by Gasteiger charge is 2.45. The molecule has 0 aliphatic carbocycles. The minimum atomic E-state index is -4.74. The summed E-state index contributed by atoms with van der Waals surface area (Å²) >= 11 is 0. The van der Waals surface area contributed by atoms with Crippen molar-refractivity contribution in [2.75, 3.05) is 35.6 Å². The van der Waals surface area contributed by atoms with Crippen LogP contribution in [0.1, 0.15) is 42.9 Å². The van der Waals surface area contributed by atoms with Gasteiger partial charge >= 0.3 is 12.1 Å². The molecule has 1 amide bonds. The van der Waals surface area contributed by atoms with Crippen LogP contribution in [0.25, 0.3) is 11.1 Å². The van der Waals surface area contributed by atoms with Gasteiger partial charge in [-0.2, -0.15) is 23.1 Å². The Hall–Kier alpha value is -4.39. The summed E-state index contributed by atoms with van der Waals surface area (Å²) in [7, 11) is 0. The topological polar surface area (TPSA) is 143 Å². The fourth-order valence-corrected chi connectivity index (χ4v) is 6.19. The van der Waals surface area contributed by atoms with Crippen molar-refractivity contribution in [1.29, 1.82) is 0 Å². The monoisotopic (exact) mass is 596 g/mol. The van der Waals surface area contributed by atoms with Gasteiger partial charge in [0, 0.05) is 43.4 Å². The van der Waals surface area contributed by atoms with E-state index in [1.54, 1.807) is 18.2 Å². The first kappa shape index (κ1) is 28.7. The Morgan fingerprint density at radius 3 is 2.47 bits per heavy atom. The molecular weight excluding hydrogens is 565 g/mol. The average Bonchev–Trinajstić information content (AvgIpc) is 3.39. The number of amides is 1. The molecule has 43 heavy (non-hydrogen) atoms. The predicted molar refractivity (Wildman–Crippen MR) is 153 cm³/mol. The van der Waals surface area contributed by atoms with Crippen LogP contribution in [-0.4, -0.2) is 58.8 Å². The second-order valence-corrected chi connectivity index (χ2v) is 11.5. The summed E-state index contributed by atoms with van der Waals surface area (Å²) in [5.41, 5.74) is 8.93. The van der Waals surface area contributed by atoms with Gasteiger partial charge in [0.2, 0.25) is 23.8 Å². The lowest BCUT2D eigenvalue weighted by atomic mass is 9.76. The Kier molecular flexibility index (Phi) is 7.36. The van der Waals surface area contributed by atoms with E-state index in [9.17, 15) is 27.9 Å². The van der Waals surface area contributed by atoms with Gasteiger partial charge < -0.3 is 31.1 Å². The van der Waals surface area contributed by atoms with E-state index in [0.717, 1.165) is 22.4 Å². The summed E-state index contributed by atoms with van der Waals surface area (Å²) in [6, 6.07) is 12.3. The second-order valence-electron chi connectivity index (χ2n) is 11.5. The molecular formula is C30H31F3N6O4. The van der Waals surface area contributed by atoms with Crippen LogP contribution in [0, 0.1) is 5.41 Å². The smallest absolute Gasteiger partial charge is 0.429 e. The van der Waals surface area contributed by atoms with Crippen molar-refractivity contribution in [1.82, 2.24) is 15.3 Å². The second kappa shape index (κ2) is 11.0. The summed E-state index contributed by atoms with van der Waals surface area (Å²) in [5.74, 6) is -1.05. The Labute approximate surface area is 245 Å². The third-order valence-corrected chi connectivity index (χ3v) is 8.60. The number of carboxylic acid groups (broad SMARTS) is 1. The van der Waals surface area contributed by atoms with Crippen LogP contribution >= 0.6 is 0 Å². The van der Waals surface area contributed by atoms with Crippen molar-refractivity contribution in [2.45, 2.75) is 50.4 Å². The number of rotatable bonds is 6. The van der Waals surface area contributed by atoms with Crippen LogP contribution < -0.4 is 26.0 Å². The Balaban J connectivity index is 1.18. The number of aryl methyl sites for hydroxylation is 1. The Bertz CT molecular complexity index is 1540. The molecule has 1 aromatic heterocycles. The normalized spacial score (nSPS) is 20.4. The van der Waals surface area contributed by atoms with E-state index in [1.807, 2.05) is 17.0 Å². The number of aromatic nitrogens is 2. The zero-order valence-electron chi connectivity index (χ0n) is 23.2. The van der Waals surface area contributed by atoms with Crippen molar-refractivity contribution < 1.29 is 32.6 Å². The molecule has 0 radical (unpaired) electrons. The molecule has 0 saturated carbocycles. The number of nitrogens with zero attached hydrogens (tertiary/aromatic N) is 3. The first-order valence-corrected chi connectivity index (χ1v) is 14.1. The number of carboxylic acids is 1. The number of alkyl halides is 3. The number of hydrogen-bond donors (Lipinski definition) is 4. The van der Waals surface area contributed by atoms with Gasteiger partial charge in [-0.1, -0.05) is 30.3 Å². The van der Waals surface area contributed by atoms with Gasteiger partial charge in [0.1, 0.15) is 11.9 Å². The molecule has 3 aliphatic heterocycles. The predicted octanol–water partition coefficient (Wildman–Crippen LogP) is 4.33. The number of carbonyl (C=O) groups excluding carboxylic acids is 1. The Morgan fingerprint density at radius 1 is 1.07 bits per heavy atom. The van der Waals surface area contributed by atoms with Gasteiger partial charge in [-0.05, 0) is 59.9 Å². The van der Waals surface area contributed by atoms with Crippen LogP contribution in [0.3, 0.4) is 0 Å². The minimum absolute atomic E-state index is 0.0398. The van der Waals surface area contributed by atoms with Crippen LogP contribution in [0.15, 0.2) is 48.5 Å². The van der Waals surface area contributed by atoms with Gasteiger partial charge in [-0.25, -0.2) is 0 Å². The van der Waals surface area contributed by atoms with Crippen molar-refractivity contribution in [2.24, 2.45) is 5.41 Å². The number of halogens is 3. The molecule has 226 valence electrons. The SMILES string of the molecule is Nc1nc(OC(c2ccc(-c3ccc4c(c3)CCC(=O)N4)cc2)C(F)(F)F)cc(N2CCC3(CC2)CNC(C(=O)O)C3)n1. The number of nitrogens with two attached hydrogens (primary N) is 1. The number of nitrogens with one attached hydrogen (secondary N) is 2. The highest BCUT2D eigenvalue weighted by molar-refractivity contribution is 5.94. The van der Waals surface area contributed by atoms with Crippen molar-refractivity contribution in [3.05, 3.63) is 59.7 Å². The molecule has 5 N–H and O–H groups in total. The zero-order valence-corrected chi connectivity index (χ0v) is 23.2. The quantitative estimate of drug-likeness (QED) is 0.327. The zero-order chi connectivity index (χ0) is 30.4. The van der Waals surface area contributed by atoms with Crippen molar-refractivity contribution in [3.63, 3.8) is 0 Å². The summed E-state index contributed by atoms with van der Waals surface area (Å²) in [5, 5.41) is 15.2. The molecule has 10 nitrogen and oxygen atoms in total. The van der Waals surface area contributed by atoms with Crippen LogP contribution in [0.5, 0.6) is 5.88 Å². The number of ether oxygens (including phenoxy) is 1. The van der Waals surface area contributed by atoms with Gasteiger partial charge in [-0.3, -0.25) is 9.59 Å². The maximum absolute atomic E-state index is 14.3. The number of aliphatic carboxylic acids is 1. The van der Waals surface area contributed by atoms with E-state index in [1.165, 1.54) is 18.2 Å². The van der Waals surface area contributed by atoms with E-state index < -0.39 is 24.3 Å². The first-order valence-electron chi connectivity index (χ1n) is 14.1. The summed E-state index contributed by atoms with van der Waals surface area (Å²) in [6.07, 6.45) is -4.09. The molecule has 6 rings (SSSR count). The van der Waals surface area contributed by atoms with Gasteiger partial charge in [0.15, 0.2) is 0 Å². The number of piperidine rings is 1. The van der Waals surface area contributed by atoms with Crippen molar-refractivity contribution in [3.8, 4) is 17.0 Å². The van der Waals surface area contributed by atoms with Gasteiger partial charge in [0.05, 0.1) is 0 Å². The molecule has 3 aliphatic rings. The van der Waals surface area contributed by atoms with E-state index in [2.05, 4.69) is 20.6 Å². The van der Waals surface area contributed by atoms with Crippen LogP contribution in [0.4, 0.5) is 30.6 Å². The lowest BCUT2D eigenvalue weighted by molar-refractivity contribution is -0.198. The van der Waals surface area contributed by atoms with Crippen LogP contribution in [0.2, 0.25) is 0 Å². The van der Waals surface area contributed by atoms with E-state index >= 15 is 0 Å². The number of carbonyl (C=O) groups is 2. The summed E-state index contributed by atoms with van der Waals surface area (Å²) < 4.78 is 48.2. The van der Waals surface area contributed by atoms with Crippen LogP contribution in [-0.2, 0) is 16.0 Å². The molecule has 1 spiro atoms. The van der Waals surface area contributed by atoms with Gasteiger partial charge in [0.25, 0.3) is 0 Å². The third kappa shape index (κ3) is 6.07. The molecule has 2 atom stereocenters. The number of anilines is 3. The molecule has 0 bridgehead atoms. The maximum atomic E-state index is 14.3. The number of benzene rings is 2. The molecule has 4 heterocycles. The maximum Gasteiger partial charge on any atom is 0.429 e. The number of fused-ring (bicyclic) bond motifs is 1. The fraction of sp³-hybridized carbons (Fsp3) is 0.400.